The maximum Gasteiger partial charge on any atom is 0.418 e. The third kappa shape index (κ3) is 3.89. The molecule has 0 saturated heterocycles. The van der Waals surface area contributed by atoms with Crippen LogP contribution in [0.2, 0.25) is 0 Å². The smallest absolute Gasteiger partial charge is 0.374 e. The number of alkyl halides is 3. The largest absolute Gasteiger partial charge is 0.418 e. The zero-order valence-electron chi connectivity index (χ0n) is 18.9. The standard InChI is InChI=1S/C24H22F3N7/c1-23(2)8-10-34(3)18-11-14(6-7-15(18)23)32-21-20-22(31-13-30-21)33-17(12-29-20)19-16(24(25,26)27)5-4-9-28-19/h4-7,9,11-13H,8,10H2,1-3H3,(H,30,31,32,33). The van der Waals surface area contributed by atoms with Crippen molar-refractivity contribution in [2.24, 2.45) is 0 Å². The molecule has 34 heavy (non-hydrogen) atoms. The maximum atomic E-state index is 13.4. The molecule has 3 aromatic heterocycles. The molecular formula is C24H22F3N7. The van der Waals surface area contributed by atoms with Crippen molar-refractivity contribution < 1.29 is 13.2 Å². The first-order chi connectivity index (χ1) is 16.1. The fourth-order valence-corrected chi connectivity index (χ4v) is 4.22. The van der Waals surface area contributed by atoms with E-state index in [1.165, 1.54) is 30.4 Å². The van der Waals surface area contributed by atoms with Gasteiger partial charge in [-0.3, -0.25) is 4.98 Å². The van der Waals surface area contributed by atoms with Crippen molar-refractivity contribution in [2.45, 2.75) is 31.9 Å². The normalized spacial score (nSPS) is 15.3. The van der Waals surface area contributed by atoms with E-state index in [1.54, 1.807) is 0 Å². The predicted octanol–water partition coefficient (Wildman–Crippen LogP) is 5.36. The SMILES string of the molecule is CN1CCC(C)(C)c2ccc(Nc3ncnc4nc(-c5ncccc5C(F)(F)F)cnc34)cc21. The number of halogens is 3. The minimum atomic E-state index is -4.56. The molecule has 7 nitrogen and oxygen atoms in total. The fourth-order valence-electron chi connectivity index (χ4n) is 4.22. The molecule has 0 amide bonds. The van der Waals surface area contributed by atoms with Gasteiger partial charge in [0, 0.05) is 31.2 Å². The Morgan fingerprint density at radius 1 is 1.06 bits per heavy atom. The van der Waals surface area contributed by atoms with Crippen molar-refractivity contribution in [3.63, 3.8) is 0 Å². The molecule has 4 aromatic rings. The van der Waals surface area contributed by atoms with E-state index >= 15 is 0 Å². The molecule has 174 valence electrons. The number of aromatic nitrogens is 5. The van der Waals surface area contributed by atoms with Crippen molar-refractivity contribution in [1.82, 2.24) is 24.9 Å². The molecule has 10 heteroatoms. The summed E-state index contributed by atoms with van der Waals surface area (Å²) in [7, 11) is 2.07. The van der Waals surface area contributed by atoms with E-state index in [2.05, 4.69) is 68.2 Å². The molecule has 1 aromatic carbocycles. The highest BCUT2D eigenvalue weighted by Crippen LogP contribution is 2.41. The average Bonchev–Trinajstić information content (AvgIpc) is 2.81. The lowest BCUT2D eigenvalue weighted by Crippen LogP contribution is -2.34. The second kappa shape index (κ2) is 7.89. The van der Waals surface area contributed by atoms with Crippen molar-refractivity contribution in [3.05, 3.63) is 60.2 Å². The minimum Gasteiger partial charge on any atom is -0.374 e. The van der Waals surface area contributed by atoms with Crippen LogP contribution in [-0.2, 0) is 11.6 Å². The molecule has 1 N–H and O–H groups in total. The van der Waals surface area contributed by atoms with Crippen LogP contribution in [0.1, 0.15) is 31.4 Å². The van der Waals surface area contributed by atoms with Gasteiger partial charge in [0.1, 0.15) is 17.7 Å². The molecule has 4 heterocycles. The van der Waals surface area contributed by atoms with E-state index in [0.29, 0.717) is 11.3 Å². The zero-order valence-corrected chi connectivity index (χ0v) is 18.9. The first-order valence-electron chi connectivity index (χ1n) is 10.8. The Kier molecular flexibility index (Phi) is 5.11. The summed E-state index contributed by atoms with van der Waals surface area (Å²) in [5, 5.41) is 3.26. The highest BCUT2D eigenvalue weighted by Gasteiger charge is 2.35. The first-order valence-corrected chi connectivity index (χ1v) is 10.8. The Morgan fingerprint density at radius 2 is 1.88 bits per heavy atom. The highest BCUT2D eigenvalue weighted by molar-refractivity contribution is 5.86. The van der Waals surface area contributed by atoms with Crippen LogP contribution in [0.25, 0.3) is 22.6 Å². The summed E-state index contributed by atoms with van der Waals surface area (Å²) in [6.45, 7) is 5.44. The Morgan fingerprint density at radius 3 is 2.68 bits per heavy atom. The van der Waals surface area contributed by atoms with Crippen molar-refractivity contribution >= 4 is 28.4 Å². The molecule has 0 fully saturated rings. The third-order valence-electron chi connectivity index (χ3n) is 6.17. The maximum absolute atomic E-state index is 13.4. The first kappa shape index (κ1) is 22.0. The molecule has 0 atom stereocenters. The average molecular weight is 465 g/mol. The number of hydrogen-bond donors (Lipinski definition) is 1. The molecular weight excluding hydrogens is 443 g/mol. The van der Waals surface area contributed by atoms with Crippen LogP contribution in [0.3, 0.4) is 0 Å². The topological polar surface area (TPSA) is 79.7 Å². The Hall–Kier alpha value is -3.82. The van der Waals surface area contributed by atoms with Crippen LogP contribution in [0.4, 0.5) is 30.4 Å². The number of pyridine rings is 1. The summed E-state index contributed by atoms with van der Waals surface area (Å²) in [5.41, 5.74) is 2.66. The number of anilines is 3. The van der Waals surface area contributed by atoms with Gasteiger partial charge in [-0.2, -0.15) is 13.2 Å². The monoisotopic (exact) mass is 465 g/mol. The summed E-state index contributed by atoms with van der Waals surface area (Å²) in [6.07, 6.45) is 0.367. The van der Waals surface area contributed by atoms with Crippen LogP contribution in [0.5, 0.6) is 0 Å². The van der Waals surface area contributed by atoms with Gasteiger partial charge >= 0.3 is 6.18 Å². The van der Waals surface area contributed by atoms with E-state index in [0.717, 1.165) is 30.4 Å². The summed E-state index contributed by atoms with van der Waals surface area (Å²) < 4.78 is 40.3. The van der Waals surface area contributed by atoms with Gasteiger partial charge in [0.25, 0.3) is 0 Å². The lowest BCUT2D eigenvalue weighted by Gasteiger charge is -2.38. The number of nitrogens with one attached hydrogen (secondary N) is 1. The molecule has 0 radical (unpaired) electrons. The van der Waals surface area contributed by atoms with Crippen LogP contribution in [0.15, 0.2) is 49.1 Å². The summed E-state index contributed by atoms with van der Waals surface area (Å²) in [6, 6.07) is 8.37. The lowest BCUT2D eigenvalue weighted by atomic mass is 9.78. The molecule has 0 spiro atoms. The van der Waals surface area contributed by atoms with Crippen LogP contribution in [0, 0.1) is 0 Å². The molecule has 0 bridgehead atoms. The predicted molar refractivity (Wildman–Crippen MR) is 124 cm³/mol. The molecule has 0 saturated carbocycles. The van der Waals surface area contributed by atoms with Crippen molar-refractivity contribution in [3.8, 4) is 11.4 Å². The van der Waals surface area contributed by atoms with E-state index in [1.807, 2.05) is 6.07 Å². The summed E-state index contributed by atoms with van der Waals surface area (Å²) in [4.78, 5) is 23.2. The van der Waals surface area contributed by atoms with Crippen LogP contribution >= 0.6 is 0 Å². The van der Waals surface area contributed by atoms with Gasteiger partial charge in [-0.05, 0) is 41.7 Å². The van der Waals surface area contributed by atoms with E-state index in [4.69, 9.17) is 0 Å². The lowest BCUT2D eigenvalue weighted by molar-refractivity contribution is -0.137. The molecule has 1 aliphatic heterocycles. The number of fused-ring (bicyclic) bond motifs is 2. The van der Waals surface area contributed by atoms with Crippen molar-refractivity contribution in [2.75, 3.05) is 23.8 Å². The van der Waals surface area contributed by atoms with Gasteiger partial charge < -0.3 is 10.2 Å². The fraction of sp³-hybridized carbons (Fsp3) is 0.292. The molecule has 1 aliphatic rings. The van der Waals surface area contributed by atoms with E-state index in [9.17, 15) is 13.2 Å². The Labute approximate surface area is 194 Å². The zero-order chi connectivity index (χ0) is 24.1. The number of rotatable bonds is 3. The Bertz CT molecular complexity index is 1380. The van der Waals surface area contributed by atoms with Gasteiger partial charge in [0.15, 0.2) is 17.0 Å². The quantitative estimate of drug-likeness (QED) is 0.436. The van der Waals surface area contributed by atoms with Crippen molar-refractivity contribution in [1.29, 1.82) is 0 Å². The van der Waals surface area contributed by atoms with Gasteiger partial charge in [-0.15, -0.1) is 0 Å². The highest BCUT2D eigenvalue weighted by atomic mass is 19.4. The summed E-state index contributed by atoms with van der Waals surface area (Å²) >= 11 is 0. The second-order valence-corrected chi connectivity index (χ2v) is 8.96. The van der Waals surface area contributed by atoms with Gasteiger partial charge in [0.05, 0.1) is 11.8 Å². The van der Waals surface area contributed by atoms with Gasteiger partial charge in [-0.25, -0.2) is 19.9 Å². The number of nitrogens with zero attached hydrogens (tertiary/aromatic N) is 6. The second-order valence-electron chi connectivity index (χ2n) is 8.96. The molecule has 5 rings (SSSR count). The van der Waals surface area contributed by atoms with Gasteiger partial charge in [-0.1, -0.05) is 19.9 Å². The number of benzene rings is 1. The number of hydrogen-bond acceptors (Lipinski definition) is 7. The van der Waals surface area contributed by atoms with Crippen LogP contribution < -0.4 is 10.2 Å². The molecule has 0 aliphatic carbocycles. The Balaban J connectivity index is 1.52. The molecule has 0 unspecified atom stereocenters. The summed E-state index contributed by atoms with van der Waals surface area (Å²) in [5.74, 6) is 0.416. The minimum absolute atomic E-state index is 0.0114. The third-order valence-corrected chi connectivity index (χ3v) is 6.17. The van der Waals surface area contributed by atoms with Crippen LogP contribution in [-0.4, -0.2) is 38.5 Å². The van der Waals surface area contributed by atoms with E-state index < -0.39 is 11.7 Å². The van der Waals surface area contributed by atoms with E-state index in [-0.39, 0.29) is 22.5 Å². The van der Waals surface area contributed by atoms with Gasteiger partial charge in [0.2, 0.25) is 0 Å².